The molecule has 0 aliphatic heterocycles. The first-order valence-corrected chi connectivity index (χ1v) is 12.9. The number of halogens is 24. The molecular weight excluding hydrogens is 764 g/mol. The van der Waals surface area contributed by atoms with Crippen LogP contribution in [0, 0.1) is 11.8 Å². The normalized spacial score (nSPS) is 24.7. The lowest BCUT2D eigenvalue weighted by atomic mass is 9.71. The molecule has 49 heavy (non-hydrogen) atoms. The van der Waals surface area contributed by atoms with E-state index in [4.69, 9.17) is 0 Å². The summed E-state index contributed by atoms with van der Waals surface area (Å²) < 4.78 is 334. The van der Waals surface area contributed by atoms with Crippen LogP contribution in [0.4, 0.5) is 105 Å². The van der Waals surface area contributed by atoms with Gasteiger partial charge >= 0.3 is 60.2 Å². The molecule has 0 saturated heterocycles. The molecule has 1 fully saturated rings. The zero-order valence-corrected chi connectivity index (χ0v) is 23.1. The van der Waals surface area contributed by atoms with Gasteiger partial charge in [0.2, 0.25) is 0 Å². The van der Waals surface area contributed by atoms with Crippen LogP contribution in [-0.2, 0) is 4.74 Å². The first kappa shape index (κ1) is 43.1. The van der Waals surface area contributed by atoms with Gasteiger partial charge in [0.1, 0.15) is 0 Å². The molecule has 2 bridgehead atoms. The number of ether oxygens (including phenoxy) is 1. The van der Waals surface area contributed by atoms with E-state index < -0.39 is 128 Å². The first-order chi connectivity index (χ1) is 21.3. The molecule has 0 aromatic heterocycles. The summed E-state index contributed by atoms with van der Waals surface area (Å²) >= 11 is 0. The third-order valence-corrected chi connectivity index (χ3v) is 8.32. The predicted molar refractivity (Wildman–Crippen MR) is 110 cm³/mol. The Bertz CT molecular complexity index is 1170. The topological polar surface area (TPSA) is 29.5 Å². The predicted octanol–water partition coefficient (Wildman–Crippen LogP) is 10.1. The van der Waals surface area contributed by atoms with Crippen LogP contribution in [0.25, 0.3) is 0 Å². The van der Waals surface area contributed by atoms with Crippen molar-refractivity contribution in [2.24, 2.45) is 11.8 Å². The molecule has 2 nitrogen and oxygen atoms in total. The quantitative estimate of drug-likeness (QED) is 0.129. The third kappa shape index (κ3) is 6.28. The molecule has 1 saturated carbocycles. The van der Waals surface area contributed by atoms with Gasteiger partial charge in [-0.2, -0.15) is 96.6 Å². The molecule has 5 atom stereocenters. The molecule has 0 radical (unpaired) electrons. The Kier molecular flexibility index (Phi) is 10.6. The number of hydrogen-bond donors (Lipinski definition) is 1. The van der Waals surface area contributed by atoms with Gasteiger partial charge in [-0.3, -0.25) is 0 Å². The van der Waals surface area contributed by atoms with E-state index in [-0.39, 0.29) is 0 Å². The van der Waals surface area contributed by atoms with Crippen molar-refractivity contribution in [2.45, 2.75) is 116 Å². The van der Waals surface area contributed by atoms with Gasteiger partial charge < -0.3 is 9.84 Å². The van der Waals surface area contributed by atoms with Gasteiger partial charge in [0, 0.05) is 5.92 Å². The summed E-state index contributed by atoms with van der Waals surface area (Å²) in [4.78, 5) is 0. The number of aliphatic hydroxyl groups is 1. The second-order valence-corrected chi connectivity index (χ2v) is 11.3. The highest BCUT2D eigenvalue weighted by Gasteiger charge is 2.93. The third-order valence-electron chi connectivity index (χ3n) is 8.32. The Hall–Kier alpha value is -2.02. The Balaban J connectivity index is 2.86. The summed E-state index contributed by atoms with van der Waals surface area (Å²) in [6.45, 7) is 0. The van der Waals surface area contributed by atoms with Crippen LogP contribution in [0.15, 0.2) is 12.2 Å². The van der Waals surface area contributed by atoms with Crippen molar-refractivity contribution in [1.29, 1.82) is 0 Å². The SMILES string of the molecule is OC(CCCCC(OC1CC2C=CC1C2)(C(F)(F)C(F)(F)F)C(F)(C(F)(F)F)C(F)(F)F)(C(F)(F)C(F)(F)F)C(F)(C(F)(F)F)C(F)(F)F. The van der Waals surface area contributed by atoms with Crippen molar-refractivity contribution in [3.8, 4) is 0 Å². The summed E-state index contributed by atoms with van der Waals surface area (Å²) in [5.41, 5.74) is -30.0. The van der Waals surface area contributed by atoms with Crippen LogP contribution in [-0.4, -0.2) is 82.7 Å². The summed E-state index contributed by atoms with van der Waals surface area (Å²) in [6.07, 6.45) is -62.3. The van der Waals surface area contributed by atoms with Gasteiger partial charge in [-0.05, 0) is 31.6 Å². The Morgan fingerprint density at radius 1 is 0.469 bits per heavy atom. The average Bonchev–Trinajstić information content (AvgIpc) is 3.48. The summed E-state index contributed by atoms with van der Waals surface area (Å²) in [6, 6.07) is 0. The average molecular weight is 782 g/mol. The van der Waals surface area contributed by atoms with Gasteiger partial charge in [0.05, 0.1) is 6.10 Å². The van der Waals surface area contributed by atoms with Crippen LogP contribution in [0.5, 0.6) is 0 Å². The van der Waals surface area contributed by atoms with Gasteiger partial charge in [-0.15, -0.1) is 0 Å². The molecule has 26 heteroatoms. The van der Waals surface area contributed by atoms with Crippen LogP contribution < -0.4 is 0 Å². The van der Waals surface area contributed by atoms with E-state index in [9.17, 15) is 97.3 Å². The van der Waals surface area contributed by atoms with E-state index in [0.29, 0.717) is 0 Å². The highest BCUT2D eigenvalue weighted by molar-refractivity contribution is 5.21. The van der Waals surface area contributed by atoms with E-state index in [1.807, 2.05) is 0 Å². The van der Waals surface area contributed by atoms with Crippen LogP contribution >= 0.6 is 0 Å². The summed E-state index contributed by atoms with van der Waals surface area (Å²) in [5.74, 6) is -18.2. The van der Waals surface area contributed by atoms with E-state index in [0.717, 1.165) is 12.2 Å². The van der Waals surface area contributed by atoms with Crippen molar-refractivity contribution < 1.29 is 115 Å². The molecule has 0 aromatic rings. The number of rotatable bonds is 11. The molecule has 1 N–H and O–H groups in total. The smallest absolute Gasteiger partial charge is 0.379 e. The number of hydrogen-bond acceptors (Lipinski definition) is 2. The minimum absolute atomic E-state index is 0.414. The molecule has 0 aromatic carbocycles. The molecular formula is C23H18F24O2. The fraction of sp³-hybridized carbons (Fsp3) is 0.913. The lowest BCUT2D eigenvalue weighted by Crippen LogP contribution is -2.78. The largest absolute Gasteiger partial charge is 0.456 e. The molecule has 5 unspecified atom stereocenters. The van der Waals surface area contributed by atoms with Gasteiger partial charge in [0.15, 0.2) is 11.2 Å². The lowest BCUT2D eigenvalue weighted by Gasteiger charge is -2.51. The summed E-state index contributed by atoms with van der Waals surface area (Å²) in [5, 5.41) is 9.62. The maximum absolute atomic E-state index is 15.5. The van der Waals surface area contributed by atoms with Gasteiger partial charge in [0.25, 0.3) is 0 Å². The molecule has 290 valence electrons. The van der Waals surface area contributed by atoms with Gasteiger partial charge in [-0.1, -0.05) is 25.0 Å². The van der Waals surface area contributed by atoms with E-state index in [2.05, 4.69) is 4.74 Å². The van der Waals surface area contributed by atoms with Crippen molar-refractivity contribution in [3.63, 3.8) is 0 Å². The Labute approximate surface area is 256 Å². The molecule has 0 amide bonds. The van der Waals surface area contributed by atoms with E-state index in [1.165, 1.54) is 0 Å². The van der Waals surface area contributed by atoms with Crippen LogP contribution in [0.3, 0.4) is 0 Å². The zero-order valence-electron chi connectivity index (χ0n) is 23.1. The first-order valence-electron chi connectivity index (χ1n) is 12.9. The second kappa shape index (κ2) is 12.0. The van der Waals surface area contributed by atoms with E-state index in [1.54, 1.807) is 0 Å². The fourth-order valence-corrected chi connectivity index (χ4v) is 5.90. The molecule has 2 aliphatic carbocycles. The Morgan fingerprint density at radius 2 is 0.857 bits per heavy atom. The highest BCUT2D eigenvalue weighted by atomic mass is 19.5. The van der Waals surface area contributed by atoms with Crippen molar-refractivity contribution >= 4 is 0 Å². The molecule has 2 rings (SSSR count). The number of fused-ring (bicyclic) bond motifs is 2. The van der Waals surface area contributed by atoms with Crippen LogP contribution in [0.2, 0.25) is 0 Å². The van der Waals surface area contributed by atoms with Crippen molar-refractivity contribution in [1.82, 2.24) is 0 Å². The van der Waals surface area contributed by atoms with Crippen LogP contribution in [0.1, 0.15) is 38.5 Å². The fourth-order valence-electron chi connectivity index (χ4n) is 5.90. The van der Waals surface area contributed by atoms with E-state index >= 15 is 13.2 Å². The number of unbranched alkanes of at least 4 members (excludes halogenated alkanes) is 1. The highest BCUT2D eigenvalue weighted by Crippen LogP contribution is 2.65. The molecule has 0 spiro atoms. The lowest BCUT2D eigenvalue weighted by molar-refractivity contribution is -0.456. The number of alkyl halides is 24. The van der Waals surface area contributed by atoms with Gasteiger partial charge in [-0.25, -0.2) is 8.78 Å². The zero-order chi connectivity index (χ0) is 39.1. The second-order valence-electron chi connectivity index (χ2n) is 11.3. The van der Waals surface area contributed by atoms with Crippen molar-refractivity contribution in [2.75, 3.05) is 0 Å². The maximum atomic E-state index is 15.5. The Morgan fingerprint density at radius 3 is 1.16 bits per heavy atom. The molecule has 2 aliphatic rings. The monoisotopic (exact) mass is 782 g/mol. The standard InChI is InChI=1S/C23H18F24O2/c24-14(18(30,31)32,19(33,34)35)12(48,16(26,27)22(42,43)44)5-1-2-6-13(17(28,29)23(45,46)47,15(25,20(36,37)38)21(39,40)41)49-11-8-9-3-4-10(11)7-9/h3-4,9-11,48H,1-2,5-8H2. The summed E-state index contributed by atoms with van der Waals surface area (Å²) in [7, 11) is 0. The molecule has 0 heterocycles. The minimum atomic E-state index is -8.09. The number of allylic oxidation sites excluding steroid dienone is 1. The van der Waals surface area contributed by atoms with Crippen molar-refractivity contribution in [3.05, 3.63) is 12.2 Å². The minimum Gasteiger partial charge on any atom is -0.379 e. The maximum Gasteiger partial charge on any atom is 0.456 e.